The monoisotopic (exact) mass is 312 g/mol. The zero-order valence-electron chi connectivity index (χ0n) is 11.7. The Labute approximate surface area is 124 Å². The first-order valence-corrected chi connectivity index (χ1v) is 6.84. The SMILES string of the molecule is O=c1[nH]c(C(F)(F)F)c(CCCCc2ccccc2)c(=O)[nH]1. The van der Waals surface area contributed by atoms with Crippen molar-refractivity contribution in [2.45, 2.75) is 31.9 Å². The summed E-state index contributed by atoms with van der Waals surface area (Å²) in [7, 11) is 0. The number of benzene rings is 1. The minimum absolute atomic E-state index is 0.0339. The first-order valence-electron chi connectivity index (χ1n) is 6.84. The molecule has 0 saturated heterocycles. The molecule has 1 aromatic carbocycles. The van der Waals surface area contributed by atoms with Crippen LogP contribution in [0, 0.1) is 0 Å². The molecule has 4 nitrogen and oxygen atoms in total. The van der Waals surface area contributed by atoms with Gasteiger partial charge in [0.15, 0.2) is 0 Å². The number of halogens is 3. The number of alkyl halides is 3. The van der Waals surface area contributed by atoms with Gasteiger partial charge in [0, 0.05) is 5.56 Å². The van der Waals surface area contributed by atoms with Gasteiger partial charge in [-0.2, -0.15) is 13.2 Å². The van der Waals surface area contributed by atoms with Crippen LogP contribution in [0.25, 0.3) is 0 Å². The highest BCUT2D eigenvalue weighted by atomic mass is 19.4. The van der Waals surface area contributed by atoms with E-state index in [2.05, 4.69) is 0 Å². The zero-order chi connectivity index (χ0) is 16.2. The van der Waals surface area contributed by atoms with Crippen molar-refractivity contribution in [3.63, 3.8) is 0 Å². The first-order chi connectivity index (χ1) is 10.4. The van der Waals surface area contributed by atoms with Crippen LogP contribution >= 0.6 is 0 Å². The van der Waals surface area contributed by atoms with E-state index in [1.165, 1.54) is 0 Å². The van der Waals surface area contributed by atoms with E-state index in [9.17, 15) is 22.8 Å². The van der Waals surface area contributed by atoms with Gasteiger partial charge in [0.25, 0.3) is 5.56 Å². The van der Waals surface area contributed by atoms with Crippen molar-refractivity contribution < 1.29 is 13.2 Å². The van der Waals surface area contributed by atoms with Gasteiger partial charge in [-0.3, -0.25) is 9.78 Å². The molecule has 0 atom stereocenters. The minimum atomic E-state index is -4.75. The Morgan fingerprint density at radius 1 is 0.909 bits per heavy atom. The van der Waals surface area contributed by atoms with Crippen LogP contribution in [-0.4, -0.2) is 9.97 Å². The smallest absolute Gasteiger partial charge is 0.303 e. The summed E-state index contributed by atoms with van der Waals surface area (Å²) in [6.07, 6.45) is -2.98. The van der Waals surface area contributed by atoms with Crippen molar-refractivity contribution in [2.75, 3.05) is 0 Å². The molecule has 0 aliphatic rings. The summed E-state index contributed by atoms with van der Waals surface area (Å²) in [6, 6.07) is 9.55. The van der Waals surface area contributed by atoms with Gasteiger partial charge in [0.1, 0.15) is 5.69 Å². The summed E-state index contributed by atoms with van der Waals surface area (Å²) in [6.45, 7) is 0. The molecule has 0 unspecified atom stereocenters. The lowest BCUT2D eigenvalue weighted by Gasteiger charge is -2.11. The lowest BCUT2D eigenvalue weighted by Crippen LogP contribution is -2.31. The number of hydrogen-bond donors (Lipinski definition) is 2. The molecule has 0 saturated carbocycles. The maximum Gasteiger partial charge on any atom is 0.431 e. The van der Waals surface area contributed by atoms with Crippen LogP contribution in [0.15, 0.2) is 39.9 Å². The van der Waals surface area contributed by atoms with Crippen LogP contribution in [0.2, 0.25) is 0 Å². The fourth-order valence-corrected chi connectivity index (χ4v) is 2.27. The lowest BCUT2D eigenvalue weighted by atomic mass is 10.0. The highest BCUT2D eigenvalue weighted by Gasteiger charge is 2.35. The first kappa shape index (κ1) is 16.1. The number of aromatic amines is 2. The molecule has 0 aliphatic heterocycles. The number of hydrogen-bond acceptors (Lipinski definition) is 2. The van der Waals surface area contributed by atoms with Crippen LogP contribution in [0.5, 0.6) is 0 Å². The Morgan fingerprint density at radius 3 is 2.18 bits per heavy atom. The molecule has 2 N–H and O–H groups in total. The second kappa shape index (κ2) is 6.64. The van der Waals surface area contributed by atoms with E-state index in [-0.39, 0.29) is 6.42 Å². The zero-order valence-corrected chi connectivity index (χ0v) is 11.7. The number of rotatable bonds is 5. The largest absolute Gasteiger partial charge is 0.431 e. The molecule has 0 bridgehead atoms. The lowest BCUT2D eigenvalue weighted by molar-refractivity contribution is -0.142. The molecule has 0 fully saturated rings. The third kappa shape index (κ3) is 4.09. The molecule has 0 aliphatic carbocycles. The second-order valence-electron chi connectivity index (χ2n) is 4.95. The molecule has 2 aromatic rings. The fourth-order valence-electron chi connectivity index (χ4n) is 2.27. The van der Waals surface area contributed by atoms with Crippen LogP contribution in [0.1, 0.15) is 29.7 Å². The van der Waals surface area contributed by atoms with E-state index in [1.807, 2.05) is 35.3 Å². The van der Waals surface area contributed by atoms with Crippen LogP contribution in [0.3, 0.4) is 0 Å². The Bertz CT molecular complexity index is 733. The van der Waals surface area contributed by atoms with Gasteiger partial charge in [0.2, 0.25) is 0 Å². The third-order valence-corrected chi connectivity index (χ3v) is 3.31. The van der Waals surface area contributed by atoms with Crippen LogP contribution in [-0.2, 0) is 19.0 Å². The highest BCUT2D eigenvalue weighted by molar-refractivity contribution is 5.19. The molecular weight excluding hydrogens is 297 g/mol. The molecule has 0 spiro atoms. The summed E-state index contributed by atoms with van der Waals surface area (Å²) in [5.41, 5.74) is -2.70. The van der Waals surface area contributed by atoms with Crippen molar-refractivity contribution >= 4 is 0 Å². The van der Waals surface area contributed by atoms with Gasteiger partial charge in [0.05, 0.1) is 0 Å². The average Bonchev–Trinajstić information content (AvgIpc) is 2.45. The molecule has 1 heterocycles. The van der Waals surface area contributed by atoms with Gasteiger partial charge < -0.3 is 4.98 Å². The van der Waals surface area contributed by atoms with E-state index < -0.39 is 28.7 Å². The van der Waals surface area contributed by atoms with Crippen LogP contribution < -0.4 is 11.2 Å². The van der Waals surface area contributed by atoms with Crippen molar-refractivity contribution in [1.29, 1.82) is 0 Å². The number of aryl methyl sites for hydroxylation is 1. The Kier molecular flexibility index (Phi) is 4.85. The predicted molar refractivity (Wildman–Crippen MR) is 75.8 cm³/mol. The summed E-state index contributed by atoms with van der Waals surface area (Å²) in [4.78, 5) is 26.1. The molecule has 0 amide bonds. The molecule has 2 rings (SSSR count). The summed E-state index contributed by atoms with van der Waals surface area (Å²) in [5.74, 6) is 0. The predicted octanol–water partition coefficient (Wildman–Crippen LogP) is 2.65. The average molecular weight is 312 g/mol. The molecular formula is C15H15F3N2O2. The number of aromatic nitrogens is 2. The topological polar surface area (TPSA) is 65.7 Å². The van der Waals surface area contributed by atoms with Crippen molar-refractivity contribution in [2.24, 2.45) is 0 Å². The van der Waals surface area contributed by atoms with E-state index in [1.54, 1.807) is 4.98 Å². The Balaban J connectivity index is 2.07. The molecule has 22 heavy (non-hydrogen) atoms. The Hall–Kier alpha value is -2.31. The van der Waals surface area contributed by atoms with E-state index >= 15 is 0 Å². The Morgan fingerprint density at radius 2 is 1.55 bits per heavy atom. The second-order valence-corrected chi connectivity index (χ2v) is 4.95. The normalized spacial score (nSPS) is 11.6. The molecule has 1 aromatic heterocycles. The van der Waals surface area contributed by atoms with E-state index in [4.69, 9.17) is 0 Å². The number of nitrogens with one attached hydrogen (secondary N) is 2. The van der Waals surface area contributed by atoms with Crippen molar-refractivity contribution in [3.8, 4) is 0 Å². The van der Waals surface area contributed by atoms with Crippen molar-refractivity contribution in [3.05, 3.63) is 68.0 Å². The number of H-pyrrole nitrogens is 2. The van der Waals surface area contributed by atoms with Gasteiger partial charge in [-0.25, -0.2) is 4.79 Å². The molecule has 7 heteroatoms. The summed E-state index contributed by atoms with van der Waals surface area (Å²) >= 11 is 0. The summed E-state index contributed by atoms with van der Waals surface area (Å²) < 4.78 is 38.6. The van der Waals surface area contributed by atoms with E-state index in [0.717, 1.165) is 12.0 Å². The standard InChI is InChI=1S/C15H15F3N2O2/c16-15(17,18)12-11(13(21)20-14(22)19-12)9-5-4-8-10-6-2-1-3-7-10/h1-3,6-7H,4-5,8-9H2,(H2,19,20,21,22). The molecule has 0 radical (unpaired) electrons. The minimum Gasteiger partial charge on any atom is -0.303 e. The summed E-state index contributed by atoms with van der Waals surface area (Å²) in [5, 5.41) is 0. The van der Waals surface area contributed by atoms with E-state index in [0.29, 0.717) is 12.8 Å². The molecule has 118 valence electrons. The van der Waals surface area contributed by atoms with Gasteiger partial charge in [-0.1, -0.05) is 30.3 Å². The maximum absolute atomic E-state index is 12.9. The fraction of sp³-hybridized carbons (Fsp3) is 0.333. The van der Waals surface area contributed by atoms with Gasteiger partial charge >= 0.3 is 11.9 Å². The quantitative estimate of drug-likeness (QED) is 0.834. The van der Waals surface area contributed by atoms with Crippen molar-refractivity contribution in [1.82, 2.24) is 9.97 Å². The van der Waals surface area contributed by atoms with Gasteiger partial charge in [-0.05, 0) is 31.2 Å². The van der Waals surface area contributed by atoms with Gasteiger partial charge in [-0.15, -0.1) is 0 Å². The maximum atomic E-state index is 12.9. The highest BCUT2D eigenvalue weighted by Crippen LogP contribution is 2.28. The van der Waals surface area contributed by atoms with Crippen LogP contribution in [0.4, 0.5) is 13.2 Å². The third-order valence-electron chi connectivity index (χ3n) is 3.31. The number of unbranched alkanes of at least 4 members (excludes halogenated alkanes) is 1.